The molecule has 33 heavy (non-hydrogen) atoms. The number of carbonyl (C=O) groups excluding carboxylic acids is 2. The Morgan fingerprint density at radius 2 is 1.67 bits per heavy atom. The molecule has 0 atom stereocenters. The maximum Gasteiger partial charge on any atom is 0.305 e. The second kappa shape index (κ2) is 9.60. The second-order valence-electron chi connectivity index (χ2n) is 7.93. The van der Waals surface area contributed by atoms with Gasteiger partial charge in [0.25, 0.3) is 0 Å². The van der Waals surface area contributed by atoms with Crippen LogP contribution in [0.25, 0.3) is 17.0 Å². The number of furan rings is 1. The summed E-state index contributed by atoms with van der Waals surface area (Å²) in [7, 11) is -3.57. The molecule has 1 saturated heterocycles. The van der Waals surface area contributed by atoms with E-state index >= 15 is 0 Å². The van der Waals surface area contributed by atoms with Crippen molar-refractivity contribution in [1.82, 2.24) is 15.2 Å². The van der Waals surface area contributed by atoms with Gasteiger partial charge in [-0.1, -0.05) is 48.5 Å². The zero-order chi connectivity index (χ0) is 23.4. The van der Waals surface area contributed by atoms with Crippen LogP contribution in [0.5, 0.6) is 0 Å². The first-order valence-corrected chi connectivity index (χ1v) is 12.2. The molecule has 3 aromatic rings. The van der Waals surface area contributed by atoms with Crippen LogP contribution in [0.1, 0.15) is 34.5 Å². The minimum Gasteiger partial charge on any atom is -0.451 e. The van der Waals surface area contributed by atoms with E-state index in [0.717, 1.165) is 10.9 Å². The molecule has 2 heterocycles. The van der Waals surface area contributed by atoms with Gasteiger partial charge >= 0.3 is 5.91 Å². The summed E-state index contributed by atoms with van der Waals surface area (Å²) in [5.41, 5.74) is 6.93. The number of nitrogens with one attached hydrogen (secondary N) is 2. The van der Waals surface area contributed by atoms with Crippen LogP contribution < -0.4 is 10.9 Å². The molecule has 0 bridgehead atoms. The van der Waals surface area contributed by atoms with Gasteiger partial charge in [-0.05, 0) is 37.5 Å². The standard InChI is InChI=1S/C24H25N3O5S/c1-17-20-9-5-6-10-21(20)32-22(17)24(29)26-25-23(28)19-11-14-27(15-12-19)33(30,31)16-13-18-7-3-2-4-8-18/h2-10,13,16,19H,11-12,14-15H2,1H3,(H,25,28)(H,26,29)/b16-13+. The molecule has 2 N–H and O–H groups in total. The number of piperidine rings is 1. The fourth-order valence-corrected chi connectivity index (χ4v) is 5.08. The molecule has 2 aromatic carbocycles. The molecule has 1 fully saturated rings. The molecule has 1 aliphatic heterocycles. The smallest absolute Gasteiger partial charge is 0.305 e. The van der Waals surface area contributed by atoms with Gasteiger partial charge in [0.05, 0.1) is 0 Å². The predicted molar refractivity (Wildman–Crippen MR) is 125 cm³/mol. The molecule has 1 aromatic heterocycles. The third-order valence-electron chi connectivity index (χ3n) is 5.77. The lowest BCUT2D eigenvalue weighted by atomic mass is 9.98. The Hall–Kier alpha value is -3.43. The highest BCUT2D eigenvalue weighted by atomic mass is 32.2. The van der Waals surface area contributed by atoms with Crippen molar-refractivity contribution < 1.29 is 22.4 Å². The minimum absolute atomic E-state index is 0.141. The fourth-order valence-electron chi connectivity index (χ4n) is 3.86. The molecule has 0 unspecified atom stereocenters. The molecule has 4 rings (SSSR count). The third kappa shape index (κ3) is 5.15. The number of hydrazine groups is 1. The first-order chi connectivity index (χ1) is 15.8. The number of hydrogen-bond acceptors (Lipinski definition) is 5. The van der Waals surface area contributed by atoms with Crippen LogP contribution in [-0.2, 0) is 14.8 Å². The Morgan fingerprint density at radius 3 is 2.36 bits per heavy atom. The summed E-state index contributed by atoms with van der Waals surface area (Å²) >= 11 is 0. The Balaban J connectivity index is 1.29. The van der Waals surface area contributed by atoms with Crippen LogP contribution in [-0.4, -0.2) is 37.6 Å². The lowest BCUT2D eigenvalue weighted by molar-refractivity contribution is -0.126. The van der Waals surface area contributed by atoms with Crippen molar-refractivity contribution in [3.05, 3.63) is 76.9 Å². The van der Waals surface area contributed by atoms with Gasteiger partial charge in [-0.25, -0.2) is 8.42 Å². The lowest BCUT2D eigenvalue weighted by Gasteiger charge is -2.29. The monoisotopic (exact) mass is 467 g/mol. The van der Waals surface area contributed by atoms with E-state index in [1.807, 2.05) is 48.5 Å². The van der Waals surface area contributed by atoms with Crippen LogP contribution in [0.4, 0.5) is 0 Å². The van der Waals surface area contributed by atoms with Gasteiger partial charge in [0.1, 0.15) is 5.58 Å². The highest BCUT2D eigenvalue weighted by Gasteiger charge is 2.30. The van der Waals surface area contributed by atoms with Crippen LogP contribution >= 0.6 is 0 Å². The Bertz CT molecular complexity index is 1290. The summed E-state index contributed by atoms with van der Waals surface area (Å²) in [5, 5.41) is 2.03. The van der Waals surface area contributed by atoms with Crippen LogP contribution in [0, 0.1) is 12.8 Å². The van der Waals surface area contributed by atoms with Gasteiger partial charge in [-0.3, -0.25) is 20.4 Å². The van der Waals surface area contributed by atoms with Crippen molar-refractivity contribution in [2.75, 3.05) is 13.1 Å². The molecule has 0 radical (unpaired) electrons. The minimum atomic E-state index is -3.57. The van der Waals surface area contributed by atoms with Gasteiger partial charge in [0.15, 0.2) is 5.76 Å². The number of fused-ring (bicyclic) bond motifs is 1. The number of hydrogen-bond donors (Lipinski definition) is 2. The number of sulfonamides is 1. The highest BCUT2D eigenvalue weighted by molar-refractivity contribution is 7.92. The van der Waals surface area contributed by atoms with Crippen molar-refractivity contribution in [2.45, 2.75) is 19.8 Å². The van der Waals surface area contributed by atoms with E-state index in [2.05, 4.69) is 10.9 Å². The number of carbonyl (C=O) groups is 2. The van der Waals surface area contributed by atoms with E-state index in [1.54, 1.807) is 19.1 Å². The average Bonchev–Trinajstić information content (AvgIpc) is 3.18. The number of para-hydroxylation sites is 1. The first kappa shape index (κ1) is 22.8. The maximum atomic E-state index is 12.6. The molecule has 0 aliphatic carbocycles. The maximum absolute atomic E-state index is 12.6. The predicted octanol–water partition coefficient (Wildman–Crippen LogP) is 3.21. The number of benzene rings is 2. The molecule has 2 amide bonds. The normalized spacial score (nSPS) is 15.7. The van der Waals surface area contributed by atoms with Crippen LogP contribution in [0.2, 0.25) is 0 Å². The summed E-state index contributed by atoms with van der Waals surface area (Å²) in [5.74, 6) is -1.15. The highest BCUT2D eigenvalue weighted by Crippen LogP contribution is 2.25. The van der Waals surface area contributed by atoms with Crippen molar-refractivity contribution in [1.29, 1.82) is 0 Å². The Kier molecular flexibility index (Phi) is 6.62. The molecule has 0 saturated carbocycles. The molecule has 8 nitrogen and oxygen atoms in total. The summed E-state index contributed by atoms with van der Waals surface area (Å²) < 4.78 is 32.1. The molecular weight excluding hydrogens is 442 g/mol. The van der Waals surface area contributed by atoms with Gasteiger partial charge in [0, 0.05) is 35.4 Å². The third-order valence-corrected chi connectivity index (χ3v) is 7.33. The Morgan fingerprint density at radius 1 is 1.00 bits per heavy atom. The zero-order valence-electron chi connectivity index (χ0n) is 18.2. The lowest BCUT2D eigenvalue weighted by Crippen LogP contribution is -2.48. The Labute approximate surface area is 192 Å². The quantitative estimate of drug-likeness (QED) is 0.560. The summed E-state index contributed by atoms with van der Waals surface area (Å²) in [6, 6.07) is 16.5. The van der Waals surface area contributed by atoms with E-state index in [0.29, 0.717) is 24.0 Å². The van der Waals surface area contributed by atoms with Gasteiger partial charge in [0.2, 0.25) is 15.9 Å². The molecule has 1 aliphatic rings. The molecule has 9 heteroatoms. The largest absolute Gasteiger partial charge is 0.451 e. The second-order valence-corrected chi connectivity index (χ2v) is 9.75. The topological polar surface area (TPSA) is 109 Å². The SMILES string of the molecule is Cc1c(C(=O)NNC(=O)C2CCN(S(=O)(=O)/C=C/c3ccccc3)CC2)oc2ccccc12. The van der Waals surface area contributed by atoms with Crippen molar-refractivity contribution in [3.63, 3.8) is 0 Å². The van der Waals surface area contributed by atoms with Crippen molar-refractivity contribution in [2.24, 2.45) is 5.92 Å². The van der Waals surface area contributed by atoms with Crippen LogP contribution in [0.15, 0.2) is 64.4 Å². The van der Waals surface area contributed by atoms with E-state index in [9.17, 15) is 18.0 Å². The number of aryl methyl sites for hydroxylation is 1. The van der Waals surface area contributed by atoms with E-state index in [1.165, 1.54) is 9.71 Å². The first-order valence-electron chi connectivity index (χ1n) is 10.7. The molecule has 172 valence electrons. The molecular formula is C24H25N3O5S. The van der Waals surface area contributed by atoms with E-state index in [4.69, 9.17) is 4.42 Å². The number of rotatable bonds is 5. The summed E-state index contributed by atoms with van der Waals surface area (Å²) in [4.78, 5) is 25.0. The van der Waals surface area contributed by atoms with Gasteiger partial charge < -0.3 is 4.42 Å². The van der Waals surface area contributed by atoms with Crippen LogP contribution in [0.3, 0.4) is 0 Å². The summed E-state index contributed by atoms with van der Waals surface area (Å²) in [6.45, 7) is 2.25. The fraction of sp³-hybridized carbons (Fsp3) is 0.250. The van der Waals surface area contributed by atoms with Gasteiger partial charge in [-0.15, -0.1) is 0 Å². The number of nitrogens with zero attached hydrogens (tertiary/aromatic N) is 1. The average molecular weight is 468 g/mol. The molecule has 0 spiro atoms. The van der Waals surface area contributed by atoms with Gasteiger partial charge in [-0.2, -0.15) is 4.31 Å². The van der Waals surface area contributed by atoms with Crippen molar-refractivity contribution in [3.8, 4) is 0 Å². The zero-order valence-corrected chi connectivity index (χ0v) is 19.0. The van der Waals surface area contributed by atoms with E-state index < -0.39 is 21.8 Å². The number of amides is 2. The van der Waals surface area contributed by atoms with E-state index in [-0.39, 0.29) is 24.8 Å². The van der Waals surface area contributed by atoms with Crippen molar-refractivity contribution >= 4 is 38.9 Å². The summed E-state index contributed by atoms with van der Waals surface area (Å²) in [6.07, 6.45) is 2.29.